The fourth-order valence-corrected chi connectivity index (χ4v) is 6.29. The first kappa shape index (κ1) is 33.0. The van der Waals surface area contributed by atoms with Crippen LogP contribution in [0.15, 0.2) is 121 Å². The molecule has 2 aliphatic rings. The number of hydrogen-bond donors (Lipinski definition) is 0. The predicted octanol–water partition coefficient (Wildman–Crippen LogP) is 9.10. The van der Waals surface area contributed by atoms with Crippen LogP contribution in [0, 0.1) is 12.3 Å². The van der Waals surface area contributed by atoms with E-state index in [0.717, 1.165) is 67.0 Å². The van der Waals surface area contributed by atoms with Gasteiger partial charge in [-0.1, -0.05) is 121 Å². The first-order chi connectivity index (χ1) is 24.7. The zero-order valence-corrected chi connectivity index (χ0v) is 28.1. The standard InChI is InChI=1S/C44H29N4O2.Ni/c1-2-28-50-41(49)27-18-32-33-19-21-35(45-33)42(29-12-6-3-7-13-29)37-23-25-39(47-37)44(31-16-10-5-11-17-31)40-26-24-38(48-40)43(30-14-8-4-9-15-30)36-22-20-34(32)46-36;/h1,3-27H,28H2,(H-,45,46,47,48,49);/q-1;+2/p-1. The molecular weight excluding hydrogens is 675 g/mol. The van der Waals surface area contributed by atoms with Crippen LogP contribution in [0.1, 0.15) is 28.3 Å². The van der Waals surface area contributed by atoms with Crippen molar-refractivity contribution < 1.29 is 26.0 Å². The van der Waals surface area contributed by atoms with Crippen LogP contribution in [0.25, 0.3) is 85.8 Å². The van der Waals surface area contributed by atoms with Crippen LogP contribution in [-0.2, 0) is 26.0 Å². The Labute approximate surface area is 305 Å². The van der Waals surface area contributed by atoms with Crippen molar-refractivity contribution in [1.82, 2.24) is 19.9 Å². The minimum Gasteiger partial charge on any atom is -0.657 e. The van der Waals surface area contributed by atoms with E-state index in [1.807, 2.05) is 103 Å². The first-order valence-corrected chi connectivity index (χ1v) is 16.2. The Morgan fingerprint density at radius 2 is 0.980 bits per heavy atom. The van der Waals surface area contributed by atoms with E-state index in [9.17, 15) is 4.79 Å². The molecule has 5 heterocycles. The molecule has 0 saturated carbocycles. The van der Waals surface area contributed by atoms with Gasteiger partial charge in [0.1, 0.15) is 0 Å². The molecule has 6 aromatic rings. The molecular formula is C44H28N4NiO2. The van der Waals surface area contributed by atoms with Gasteiger partial charge >= 0.3 is 22.5 Å². The Morgan fingerprint density at radius 3 is 1.43 bits per heavy atom. The van der Waals surface area contributed by atoms with Crippen LogP contribution in [0.2, 0.25) is 0 Å². The molecule has 2 aliphatic heterocycles. The monoisotopic (exact) mass is 702 g/mol. The number of fused-ring (bicyclic) bond motifs is 8. The van der Waals surface area contributed by atoms with Gasteiger partial charge in [0.05, 0.1) is 22.8 Å². The normalized spacial score (nSPS) is 11.7. The number of rotatable bonds is 6. The van der Waals surface area contributed by atoms with E-state index < -0.39 is 5.97 Å². The molecule has 7 heteroatoms. The maximum Gasteiger partial charge on any atom is 2.00 e. The van der Waals surface area contributed by atoms with E-state index in [1.165, 1.54) is 6.08 Å². The number of esters is 1. The Bertz CT molecular complexity index is 2520. The molecule has 3 aromatic heterocycles. The Morgan fingerprint density at radius 1 is 0.588 bits per heavy atom. The SMILES string of the molecule is C#CCOC(=O)/C=C/c1c2nc(c(-c3ccccc3)c3ccc([n-]3)c(-c3ccccc3)c3nc(c(-c4ccccc4)c4ccc1[n-]4)C=C3)C=C2.[Ni+2]. The van der Waals surface area contributed by atoms with Gasteiger partial charge in [0.25, 0.3) is 0 Å². The van der Waals surface area contributed by atoms with Gasteiger partial charge in [-0.05, 0) is 69.3 Å². The molecule has 51 heavy (non-hydrogen) atoms. The first-order valence-electron chi connectivity index (χ1n) is 16.2. The van der Waals surface area contributed by atoms with Crippen LogP contribution in [0.4, 0.5) is 0 Å². The van der Waals surface area contributed by atoms with Crippen LogP contribution in [0.3, 0.4) is 0 Å². The van der Waals surface area contributed by atoms with Gasteiger partial charge < -0.3 is 14.7 Å². The summed E-state index contributed by atoms with van der Waals surface area (Å²) in [7, 11) is 0. The van der Waals surface area contributed by atoms with Crippen molar-refractivity contribution >= 4 is 58.4 Å². The van der Waals surface area contributed by atoms with E-state index >= 15 is 0 Å². The molecule has 3 aromatic carbocycles. The van der Waals surface area contributed by atoms with Gasteiger partial charge in [-0.15, -0.1) is 28.5 Å². The second kappa shape index (κ2) is 14.6. The topological polar surface area (TPSA) is 80.3 Å². The molecule has 0 radical (unpaired) electrons. The summed E-state index contributed by atoms with van der Waals surface area (Å²) >= 11 is 0. The summed E-state index contributed by atoms with van der Waals surface area (Å²) in [6, 6.07) is 38.5. The van der Waals surface area contributed by atoms with Crippen molar-refractivity contribution in [3.8, 4) is 45.7 Å². The summed E-state index contributed by atoms with van der Waals surface area (Å²) in [6.07, 6.45) is 16.4. The summed E-state index contributed by atoms with van der Waals surface area (Å²) in [4.78, 5) is 33.3. The summed E-state index contributed by atoms with van der Waals surface area (Å²) in [5.41, 5.74) is 12.2. The molecule has 8 rings (SSSR count). The van der Waals surface area contributed by atoms with Crippen LogP contribution >= 0.6 is 0 Å². The molecule has 0 amide bonds. The van der Waals surface area contributed by atoms with Crippen molar-refractivity contribution in [2.24, 2.45) is 0 Å². The number of benzene rings is 3. The number of aromatic nitrogens is 4. The quantitative estimate of drug-likeness (QED) is 0.0744. The van der Waals surface area contributed by atoms with Gasteiger partial charge in [0.2, 0.25) is 0 Å². The fraction of sp³-hybridized carbons (Fsp3) is 0.0227. The number of carbonyl (C=O) groups is 1. The Hall–Kier alpha value is -6.48. The van der Waals surface area contributed by atoms with Crippen molar-refractivity contribution in [1.29, 1.82) is 0 Å². The van der Waals surface area contributed by atoms with Gasteiger partial charge in [-0.3, -0.25) is 0 Å². The number of terminal acetylenes is 1. The van der Waals surface area contributed by atoms with Crippen molar-refractivity contribution in [2.75, 3.05) is 6.61 Å². The third-order valence-corrected chi connectivity index (χ3v) is 8.52. The average molecular weight is 703 g/mol. The maximum absolute atomic E-state index is 12.6. The van der Waals surface area contributed by atoms with Crippen molar-refractivity contribution in [3.05, 3.63) is 150 Å². The molecule has 246 valence electrons. The van der Waals surface area contributed by atoms with Crippen LogP contribution < -0.4 is 9.97 Å². The average Bonchev–Trinajstić information content (AvgIpc) is 4.00. The second-order valence-electron chi connectivity index (χ2n) is 11.6. The summed E-state index contributed by atoms with van der Waals surface area (Å²) in [6.45, 7) is -0.118. The van der Waals surface area contributed by atoms with Gasteiger partial charge in [-0.25, -0.2) is 14.8 Å². The molecule has 0 N–H and O–H groups in total. The molecule has 0 atom stereocenters. The third-order valence-electron chi connectivity index (χ3n) is 8.52. The fourth-order valence-electron chi connectivity index (χ4n) is 6.29. The minimum absolute atomic E-state index is 0. The summed E-state index contributed by atoms with van der Waals surface area (Å²) in [5.74, 6) is 1.78. The Balaban J connectivity index is 0.00000406. The Kier molecular flexibility index (Phi) is 9.43. The maximum atomic E-state index is 12.6. The third kappa shape index (κ3) is 6.61. The molecule has 8 bridgehead atoms. The molecule has 0 unspecified atom stereocenters. The number of hydrogen-bond acceptors (Lipinski definition) is 4. The summed E-state index contributed by atoms with van der Waals surface area (Å²) in [5, 5.41) is 0. The largest absolute Gasteiger partial charge is 2.00 e. The van der Waals surface area contributed by atoms with Crippen molar-refractivity contribution in [2.45, 2.75) is 0 Å². The van der Waals surface area contributed by atoms with E-state index in [1.54, 1.807) is 6.08 Å². The second-order valence-corrected chi connectivity index (χ2v) is 11.6. The molecule has 0 saturated heterocycles. The van der Waals surface area contributed by atoms with E-state index in [0.29, 0.717) is 16.8 Å². The molecule has 0 spiro atoms. The smallest absolute Gasteiger partial charge is 0.657 e. The number of ether oxygens (including phenoxy) is 1. The van der Waals surface area contributed by atoms with Gasteiger partial charge in [-0.2, -0.15) is 0 Å². The van der Waals surface area contributed by atoms with E-state index in [4.69, 9.17) is 31.1 Å². The van der Waals surface area contributed by atoms with Gasteiger partial charge in [0, 0.05) is 6.08 Å². The minimum atomic E-state index is -0.554. The molecule has 0 aliphatic carbocycles. The summed E-state index contributed by atoms with van der Waals surface area (Å²) < 4.78 is 5.13. The predicted molar refractivity (Wildman–Crippen MR) is 202 cm³/mol. The molecule has 0 fully saturated rings. The van der Waals surface area contributed by atoms with Gasteiger partial charge in [0.15, 0.2) is 6.61 Å². The van der Waals surface area contributed by atoms with Crippen LogP contribution in [0.5, 0.6) is 0 Å². The molecule has 6 nitrogen and oxygen atoms in total. The zero-order chi connectivity index (χ0) is 33.9. The number of nitrogens with zero attached hydrogens (tertiary/aromatic N) is 4. The zero-order valence-electron chi connectivity index (χ0n) is 27.1. The number of carbonyl (C=O) groups excluding carboxylic acids is 1. The van der Waals surface area contributed by atoms with E-state index in [2.05, 4.69) is 42.3 Å². The van der Waals surface area contributed by atoms with Crippen LogP contribution in [-0.4, -0.2) is 22.5 Å². The van der Waals surface area contributed by atoms with Crippen molar-refractivity contribution in [3.63, 3.8) is 0 Å². The van der Waals surface area contributed by atoms with E-state index in [-0.39, 0.29) is 23.1 Å².